The van der Waals surface area contributed by atoms with E-state index in [0.717, 1.165) is 12.8 Å². The van der Waals surface area contributed by atoms with Gasteiger partial charge in [-0.05, 0) is 25.7 Å². The molecule has 1 atom stereocenters. The smallest absolute Gasteiger partial charge is 0.234 e. The van der Waals surface area contributed by atoms with Crippen LogP contribution in [0.15, 0.2) is 4.52 Å². The zero-order chi connectivity index (χ0) is 10.8. The molecule has 0 aliphatic heterocycles. The summed E-state index contributed by atoms with van der Waals surface area (Å²) in [5, 5.41) is 3.84. The predicted molar refractivity (Wildman–Crippen MR) is 51.2 cm³/mol. The first-order valence-corrected chi connectivity index (χ1v) is 5.05. The Morgan fingerprint density at radius 2 is 2.40 bits per heavy atom. The number of Topliss-reactive ketones (excluding diaryl/α,β-unsaturated/α-hetero) is 1. The molecule has 1 heterocycles. The number of methoxy groups -OCH3 is 1. The van der Waals surface area contributed by atoms with Crippen molar-refractivity contribution in [2.45, 2.75) is 32.3 Å². The first-order chi connectivity index (χ1) is 7.20. The third kappa shape index (κ3) is 2.41. The predicted octanol–water partition coefficient (Wildman–Crippen LogP) is 1.30. The lowest BCUT2D eigenvalue weighted by molar-refractivity contribution is -0.116. The third-order valence-electron chi connectivity index (χ3n) is 2.44. The van der Waals surface area contributed by atoms with Gasteiger partial charge in [0.1, 0.15) is 11.9 Å². The van der Waals surface area contributed by atoms with Gasteiger partial charge in [0.25, 0.3) is 0 Å². The average molecular weight is 210 g/mol. The van der Waals surface area contributed by atoms with E-state index in [9.17, 15) is 4.79 Å². The van der Waals surface area contributed by atoms with Gasteiger partial charge in [-0.2, -0.15) is 4.98 Å². The van der Waals surface area contributed by atoms with Crippen molar-refractivity contribution in [3.05, 3.63) is 11.7 Å². The van der Waals surface area contributed by atoms with Crippen LogP contribution in [-0.4, -0.2) is 23.0 Å². The minimum absolute atomic E-state index is 0.0191. The molecule has 1 aromatic heterocycles. The Labute approximate surface area is 87.8 Å². The van der Waals surface area contributed by atoms with Crippen LogP contribution < -0.4 is 0 Å². The molecule has 15 heavy (non-hydrogen) atoms. The molecule has 1 fully saturated rings. The number of hydrogen-bond donors (Lipinski definition) is 0. The first-order valence-electron chi connectivity index (χ1n) is 5.05. The topological polar surface area (TPSA) is 65.2 Å². The van der Waals surface area contributed by atoms with Crippen LogP contribution in [0.3, 0.4) is 0 Å². The molecule has 1 aromatic rings. The number of ketones is 1. The molecule has 2 rings (SSSR count). The van der Waals surface area contributed by atoms with E-state index >= 15 is 0 Å². The second kappa shape index (κ2) is 4.10. The summed E-state index contributed by atoms with van der Waals surface area (Å²) < 4.78 is 10.3. The molecule has 0 amide bonds. The molecular weight excluding hydrogens is 196 g/mol. The number of rotatable bonds is 5. The molecule has 1 aliphatic rings. The Morgan fingerprint density at radius 3 is 2.93 bits per heavy atom. The Hall–Kier alpha value is -1.23. The Morgan fingerprint density at radius 1 is 1.67 bits per heavy atom. The van der Waals surface area contributed by atoms with Crippen molar-refractivity contribution in [1.29, 1.82) is 0 Å². The summed E-state index contributed by atoms with van der Waals surface area (Å²) in [6.45, 7) is 1.50. The molecule has 0 N–H and O–H groups in total. The van der Waals surface area contributed by atoms with E-state index < -0.39 is 0 Å². The van der Waals surface area contributed by atoms with E-state index in [0.29, 0.717) is 17.6 Å². The van der Waals surface area contributed by atoms with Crippen LogP contribution in [0, 0.1) is 5.92 Å². The molecular formula is C10H14N2O3. The Kier molecular flexibility index (Phi) is 2.81. The minimum Gasteiger partial charge on any atom is -0.373 e. The van der Waals surface area contributed by atoms with Gasteiger partial charge >= 0.3 is 0 Å². The molecule has 1 aliphatic carbocycles. The zero-order valence-electron chi connectivity index (χ0n) is 8.90. The van der Waals surface area contributed by atoms with Gasteiger partial charge in [-0.25, -0.2) is 0 Å². The summed E-state index contributed by atoms with van der Waals surface area (Å²) in [6, 6.07) is 0. The molecule has 5 heteroatoms. The molecule has 0 radical (unpaired) electrons. The summed E-state index contributed by atoms with van der Waals surface area (Å²) in [5.41, 5.74) is 0. The molecule has 5 nitrogen and oxygen atoms in total. The number of hydrogen-bond acceptors (Lipinski definition) is 5. The summed E-state index contributed by atoms with van der Waals surface area (Å²) in [7, 11) is 1.64. The second-order valence-electron chi connectivity index (χ2n) is 3.92. The number of nitrogens with zero attached hydrogens (tertiary/aromatic N) is 2. The van der Waals surface area contributed by atoms with Crippen molar-refractivity contribution in [2.24, 2.45) is 5.92 Å². The van der Waals surface area contributed by atoms with Crippen molar-refractivity contribution in [2.75, 3.05) is 7.11 Å². The summed E-state index contributed by atoms with van der Waals surface area (Å²) in [5.74, 6) is 1.47. The van der Waals surface area contributed by atoms with E-state index in [4.69, 9.17) is 9.26 Å². The normalized spacial score (nSPS) is 17.7. The van der Waals surface area contributed by atoms with Crippen molar-refractivity contribution in [1.82, 2.24) is 10.1 Å². The van der Waals surface area contributed by atoms with Crippen LogP contribution in [0.25, 0.3) is 0 Å². The Bertz CT molecular complexity index is 357. The number of carbonyl (C=O) groups is 1. The second-order valence-corrected chi connectivity index (χ2v) is 3.92. The summed E-state index contributed by atoms with van der Waals surface area (Å²) in [6.07, 6.45) is 2.42. The van der Waals surface area contributed by atoms with E-state index in [2.05, 4.69) is 10.1 Å². The molecule has 0 aromatic carbocycles. The van der Waals surface area contributed by atoms with Crippen LogP contribution in [0.5, 0.6) is 0 Å². The largest absolute Gasteiger partial charge is 0.373 e. The monoisotopic (exact) mass is 210 g/mol. The van der Waals surface area contributed by atoms with Gasteiger partial charge in [-0.3, -0.25) is 4.79 Å². The molecule has 0 saturated heterocycles. The van der Waals surface area contributed by atoms with Crippen molar-refractivity contribution < 1.29 is 14.1 Å². The lowest BCUT2D eigenvalue weighted by Gasteiger charge is -2.07. The summed E-state index contributed by atoms with van der Waals surface area (Å²) in [4.78, 5) is 15.0. The Balaban J connectivity index is 2.07. The maximum absolute atomic E-state index is 10.8. The molecule has 1 unspecified atom stereocenters. The van der Waals surface area contributed by atoms with Gasteiger partial charge in [0.15, 0.2) is 0 Å². The van der Waals surface area contributed by atoms with Gasteiger partial charge in [-0.15, -0.1) is 0 Å². The SMILES string of the molecule is COC(c1noc(CC(C)=O)n1)C1CC1. The van der Waals surface area contributed by atoms with E-state index in [1.165, 1.54) is 6.92 Å². The van der Waals surface area contributed by atoms with Crippen LogP contribution in [0.4, 0.5) is 0 Å². The summed E-state index contributed by atoms with van der Waals surface area (Å²) >= 11 is 0. The quantitative estimate of drug-likeness (QED) is 0.732. The number of carbonyl (C=O) groups excluding carboxylic acids is 1. The molecule has 0 spiro atoms. The maximum Gasteiger partial charge on any atom is 0.234 e. The highest BCUT2D eigenvalue weighted by molar-refractivity contribution is 5.77. The lowest BCUT2D eigenvalue weighted by atomic mass is 10.2. The van der Waals surface area contributed by atoms with Gasteiger partial charge in [0, 0.05) is 7.11 Å². The minimum atomic E-state index is -0.0746. The standard InChI is InChI=1S/C10H14N2O3/c1-6(13)5-8-11-10(12-15-8)9(14-2)7-3-4-7/h7,9H,3-5H2,1-2H3. The fourth-order valence-electron chi connectivity index (χ4n) is 1.58. The van der Waals surface area contributed by atoms with E-state index in [1.807, 2.05) is 0 Å². The average Bonchev–Trinajstić information content (AvgIpc) is 2.89. The third-order valence-corrected chi connectivity index (χ3v) is 2.44. The van der Waals surface area contributed by atoms with Crippen molar-refractivity contribution >= 4 is 5.78 Å². The number of ether oxygens (including phenoxy) is 1. The van der Waals surface area contributed by atoms with Crippen LogP contribution in [0.2, 0.25) is 0 Å². The van der Waals surface area contributed by atoms with Crippen molar-refractivity contribution in [3.8, 4) is 0 Å². The maximum atomic E-state index is 10.8. The van der Waals surface area contributed by atoms with Gasteiger partial charge < -0.3 is 9.26 Å². The first kappa shape index (κ1) is 10.3. The zero-order valence-corrected chi connectivity index (χ0v) is 8.90. The van der Waals surface area contributed by atoms with E-state index in [1.54, 1.807) is 7.11 Å². The van der Waals surface area contributed by atoms with Crippen LogP contribution in [0.1, 0.15) is 37.6 Å². The van der Waals surface area contributed by atoms with Gasteiger partial charge in [0.2, 0.25) is 11.7 Å². The van der Waals surface area contributed by atoms with E-state index in [-0.39, 0.29) is 18.3 Å². The lowest BCUT2D eigenvalue weighted by Crippen LogP contribution is -2.06. The molecule has 1 saturated carbocycles. The van der Waals surface area contributed by atoms with Crippen LogP contribution >= 0.6 is 0 Å². The van der Waals surface area contributed by atoms with Crippen LogP contribution in [-0.2, 0) is 16.0 Å². The fraction of sp³-hybridized carbons (Fsp3) is 0.700. The van der Waals surface area contributed by atoms with Gasteiger partial charge in [0.05, 0.1) is 6.42 Å². The van der Waals surface area contributed by atoms with Gasteiger partial charge in [-0.1, -0.05) is 5.16 Å². The highest BCUT2D eigenvalue weighted by Crippen LogP contribution is 2.41. The molecule has 82 valence electrons. The highest BCUT2D eigenvalue weighted by atomic mass is 16.5. The number of aromatic nitrogens is 2. The highest BCUT2D eigenvalue weighted by Gasteiger charge is 2.35. The van der Waals surface area contributed by atoms with Crippen molar-refractivity contribution in [3.63, 3.8) is 0 Å². The fourth-order valence-corrected chi connectivity index (χ4v) is 1.58. The molecule has 0 bridgehead atoms.